The quantitative estimate of drug-likeness (QED) is 0.786. The van der Waals surface area contributed by atoms with Crippen molar-refractivity contribution in [1.82, 2.24) is 0 Å². The van der Waals surface area contributed by atoms with E-state index in [4.69, 9.17) is 5.73 Å². The second-order valence-corrected chi connectivity index (χ2v) is 4.49. The molecule has 0 spiro atoms. The summed E-state index contributed by atoms with van der Waals surface area (Å²) in [5.41, 5.74) is 5.44. The lowest BCUT2D eigenvalue weighted by atomic mass is 9.76. The molecule has 88 valence electrons. The molecule has 1 aliphatic carbocycles. The monoisotopic (exact) mass is 229 g/mol. The second-order valence-electron chi connectivity index (χ2n) is 4.49. The van der Waals surface area contributed by atoms with Gasteiger partial charge in [-0.15, -0.1) is 0 Å². The van der Waals surface area contributed by atoms with Gasteiger partial charge in [0.25, 0.3) is 0 Å². The molecule has 1 nitrogen and oxygen atoms in total. The molecule has 1 fully saturated rings. The van der Waals surface area contributed by atoms with E-state index < -0.39 is 17.3 Å². The van der Waals surface area contributed by atoms with Crippen LogP contribution in [0.15, 0.2) is 24.3 Å². The van der Waals surface area contributed by atoms with Gasteiger partial charge < -0.3 is 5.73 Å². The lowest BCUT2D eigenvalue weighted by Gasteiger charge is -2.37. The zero-order valence-corrected chi connectivity index (χ0v) is 8.85. The van der Waals surface area contributed by atoms with Crippen LogP contribution in [0.4, 0.5) is 13.2 Å². The largest absolute Gasteiger partial charge is 0.321 e. The Morgan fingerprint density at radius 3 is 2.12 bits per heavy atom. The Morgan fingerprint density at radius 1 is 1.00 bits per heavy atom. The predicted octanol–water partition coefficient (Wildman–Crippen LogP) is 3.19. The van der Waals surface area contributed by atoms with Crippen molar-refractivity contribution in [3.63, 3.8) is 0 Å². The van der Waals surface area contributed by atoms with Crippen LogP contribution >= 0.6 is 0 Å². The van der Waals surface area contributed by atoms with Crippen LogP contribution in [0.5, 0.6) is 0 Å². The molecule has 4 heteroatoms. The highest BCUT2D eigenvalue weighted by atomic mass is 19.3. The number of alkyl halides is 2. The molecular weight excluding hydrogens is 215 g/mol. The fourth-order valence-corrected chi connectivity index (χ4v) is 2.20. The Kier molecular flexibility index (Phi) is 2.70. The van der Waals surface area contributed by atoms with E-state index in [0.717, 1.165) is 0 Å². The summed E-state index contributed by atoms with van der Waals surface area (Å²) in [6.07, 6.45) is -0.280. The minimum Gasteiger partial charge on any atom is -0.321 e. The van der Waals surface area contributed by atoms with E-state index in [1.165, 1.54) is 6.07 Å². The molecule has 0 amide bonds. The summed E-state index contributed by atoms with van der Waals surface area (Å²) in [7, 11) is 0. The smallest absolute Gasteiger partial charge is 0.248 e. The van der Waals surface area contributed by atoms with E-state index in [-0.39, 0.29) is 25.7 Å². The number of benzene rings is 1. The summed E-state index contributed by atoms with van der Waals surface area (Å²) >= 11 is 0. The van der Waals surface area contributed by atoms with Crippen LogP contribution in [0.25, 0.3) is 0 Å². The van der Waals surface area contributed by atoms with Gasteiger partial charge in [-0.3, -0.25) is 0 Å². The first-order valence-electron chi connectivity index (χ1n) is 5.35. The number of halogens is 3. The Morgan fingerprint density at radius 2 is 1.56 bits per heavy atom. The molecule has 0 aromatic heterocycles. The standard InChI is InChI=1S/C12H14F3N/c13-10-4-2-1-3-9(10)11(16)5-7-12(14,15)8-6-11/h1-4H,5-8,16H2. The molecule has 0 aliphatic heterocycles. The van der Waals surface area contributed by atoms with E-state index in [1.54, 1.807) is 18.2 Å². The third kappa shape index (κ3) is 2.07. The Labute approximate surface area is 92.5 Å². The fourth-order valence-electron chi connectivity index (χ4n) is 2.20. The van der Waals surface area contributed by atoms with E-state index in [1.807, 2.05) is 0 Å². The van der Waals surface area contributed by atoms with Crippen molar-refractivity contribution in [2.75, 3.05) is 0 Å². The molecule has 0 radical (unpaired) electrons. The Hall–Kier alpha value is -1.03. The third-order valence-corrected chi connectivity index (χ3v) is 3.28. The normalized spacial score (nSPS) is 23.0. The average Bonchev–Trinajstić information content (AvgIpc) is 2.24. The average molecular weight is 229 g/mol. The molecule has 0 atom stereocenters. The van der Waals surface area contributed by atoms with Gasteiger partial charge in [-0.1, -0.05) is 18.2 Å². The van der Waals surface area contributed by atoms with Crippen molar-refractivity contribution in [3.05, 3.63) is 35.6 Å². The van der Waals surface area contributed by atoms with Crippen LogP contribution in [0, 0.1) is 5.82 Å². The minimum absolute atomic E-state index is 0.126. The van der Waals surface area contributed by atoms with Crippen molar-refractivity contribution in [1.29, 1.82) is 0 Å². The lowest BCUT2D eigenvalue weighted by Crippen LogP contribution is -2.44. The lowest BCUT2D eigenvalue weighted by molar-refractivity contribution is -0.0518. The van der Waals surface area contributed by atoms with Crippen LogP contribution in [0.2, 0.25) is 0 Å². The summed E-state index contributed by atoms with van der Waals surface area (Å²) in [5, 5.41) is 0. The first kappa shape index (κ1) is 11.5. The zero-order chi connectivity index (χ0) is 11.8. The van der Waals surface area contributed by atoms with Gasteiger partial charge in [-0.05, 0) is 18.9 Å². The van der Waals surface area contributed by atoms with E-state index in [2.05, 4.69) is 0 Å². The van der Waals surface area contributed by atoms with Gasteiger partial charge in [0.1, 0.15) is 5.82 Å². The van der Waals surface area contributed by atoms with Crippen LogP contribution in [0.1, 0.15) is 31.2 Å². The summed E-state index contributed by atoms with van der Waals surface area (Å²) in [6.45, 7) is 0. The van der Waals surface area contributed by atoms with Crippen molar-refractivity contribution in [2.45, 2.75) is 37.1 Å². The number of rotatable bonds is 1. The first-order chi connectivity index (χ1) is 7.43. The van der Waals surface area contributed by atoms with Gasteiger partial charge in [0, 0.05) is 23.9 Å². The highest BCUT2D eigenvalue weighted by molar-refractivity contribution is 5.26. The zero-order valence-electron chi connectivity index (χ0n) is 8.85. The highest BCUT2D eigenvalue weighted by Crippen LogP contribution is 2.42. The molecule has 2 rings (SSSR count). The number of hydrogen-bond acceptors (Lipinski definition) is 1. The van der Waals surface area contributed by atoms with Crippen molar-refractivity contribution < 1.29 is 13.2 Å². The number of nitrogens with two attached hydrogens (primary N) is 1. The summed E-state index contributed by atoms with van der Waals surface area (Å²) in [4.78, 5) is 0. The Balaban J connectivity index is 2.25. The van der Waals surface area contributed by atoms with Gasteiger partial charge in [0.15, 0.2) is 0 Å². The molecule has 2 N–H and O–H groups in total. The van der Waals surface area contributed by atoms with Crippen molar-refractivity contribution in [3.8, 4) is 0 Å². The maximum atomic E-state index is 13.5. The molecule has 0 heterocycles. The van der Waals surface area contributed by atoms with Crippen LogP contribution in [-0.2, 0) is 5.54 Å². The van der Waals surface area contributed by atoms with Gasteiger partial charge in [-0.2, -0.15) is 0 Å². The van der Waals surface area contributed by atoms with E-state index >= 15 is 0 Å². The number of hydrogen-bond donors (Lipinski definition) is 1. The fraction of sp³-hybridized carbons (Fsp3) is 0.500. The molecule has 0 bridgehead atoms. The summed E-state index contributed by atoms with van der Waals surface area (Å²) in [6, 6.07) is 6.15. The molecule has 1 aliphatic rings. The second kappa shape index (κ2) is 3.77. The summed E-state index contributed by atoms with van der Waals surface area (Å²) in [5.74, 6) is -3.05. The van der Waals surface area contributed by atoms with Gasteiger partial charge in [0.05, 0.1) is 0 Å². The topological polar surface area (TPSA) is 26.0 Å². The van der Waals surface area contributed by atoms with Crippen LogP contribution in [0.3, 0.4) is 0 Å². The van der Waals surface area contributed by atoms with Gasteiger partial charge >= 0.3 is 0 Å². The third-order valence-electron chi connectivity index (χ3n) is 3.28. The first-order valence-corrected chi connectivity index (χ1v) is 5.35. The molecule has 0 saturated heterocycles. The SMILES string of the molecule is NC1(c2ccccc2F)CCC(F)(F)CC1. The van der Waals surface area contributed by atoms with Crippen molar-refractivity contribution >= 4 is 0 Å². The van der Waals surface area contributed by atoms with Crippen molar-refractivity contribution in [2.24, 2.45) is 5.73 Å². The van der Waals surface area contributed by atoms with E-state index in [9.17, 15) is 13.2 Å². The molecule has 1 saturated carbocycles. The molecule has 0 unspecified atom stereocenters. The predicted molar refractivity (Wildman–Crippen MR) is 55.7 cm³/mol. The Bertz CT molecular complexity index is 380. The molecule has 1 aromatic rings. The van der Waals surface area contributed by atoms with Gasteiger partial charge in [0.2, 0.25) is 5.92 Å². The van der Waals surface area contributed by atoms with Gasteiger partial charge in [-0.25, -0.2) is 13.2 Å². The van der Waals surface area contributed by atoms with Crippen LogP contribution < -0.4 is 5.73 Å². The van der Waals surface area contributed by atoms with Crippen LogP contribution in [-0.4, -0.2) is 5.92 Å². The molecule has 1 aromatic carbocycles. The molecule has 16 heavy (non-hydrogen) atoms. The summed E-state index contributed by atoms with van der Waals surface area (Å²) < 4.78 is 39.6. The molecular formula is C12H14F3N. The minimum atomic E-state index is -2.64. The van der Waals surface area contributed by atoms with E-state index in [0.29, 0.717) is 5.56 Å². The maximum absolute atomic E-state index is 13.5. The highest BCUT2D eigenvalue weighted by Gasteiger charge is 2.42. The maximum Gasteiger partial charge on any atom is 0.248 e.